The largest absolute Gasteiger partial charge is 0.491 e. The highest BCUT2D eigenvalue weighted by atomic mass is 19.1. The van der Waals surface area contributed by atoms with Gasteiger partial charge in [-0.3, -0.25) is 0 Å². The quantitative estimate of drug-likeness (QED) is 0.794. The van der Waals surface area contributed by atoms with Gasteiger partial charge < -0.3 is 14.8 Å². The topological polar surface area (TPSA) is 30.5 Å². The molecule has 0 radical (unpaired) electrons. The zero-order chi connectivity index (χ0) is 15.1. The highest BCUT2D eigenvalue weighted by molar-refractivity contribution is 5.41. The van der Waals surface area contributed by atoms with Gasteiger partial charge in [-0.15, -0.1) is 0 Å². The Hall–Kier alpha value is -1.91. The van der Waals surface area contributed by atoms with Crippen molar-refractivity contribution in [3.05, 3.63) is 65.5 Å². The van der Waals surface area contributed by atoms with E-state index in [1.807, 2.05) is 31.3 Å². The van der Waals surface area contributed by atoms with Gasteiger partial charge in [0.2, 0.25) is 0 Å². The molecule has 0 heterocycles. The molecule has 4 heteroatoms. The summed E-state index contributed by atoms with van der Waals surface area (Å²) in [5.41, 5.74) is 2.00. The minimum Gasteiger partial charge on any atom is -0.491 e. The van der Waals surface area contributed by atoms with Crippen LogP contribution < -0.4 is 10.1 Å². The summed E-state index contributed by atoms with van der Waals surface area (Å²) >= 11 is 0. The van der Waals surface area contributed by atoms with Gasteiger partial charge in [-0.25, -0.2) is 4.39 Å². The first-order chi connectivity index (χ1) is 10.3. The molecule has 0 spiro atoms. The fourth-order valence-corrected chi connectivity index (χ4v) is 2.24. The maximum Gasteiger partial charge on any atom is 0.124 e. The Morgan fingerprint density at radius 1 is 1.05 bits per heavy atom. The van der Waals surface area contributed by atoms with Gasteiger partial charge in [-0.1, -0.05) is 30.3 Å². The lowest BCUT2D eigenvalue weighted by atomic mass is 9.98. The summed E-state index contributed by atoms with van der Waals surface area (Å²) < 4.78 is 23.9. The lowest BCUT2D eigenvalue weighted by Crippen LogP contribution is -2.19. The molecular weight excluding hydrogens is 269 g/mol. The molecule has 0 aromatic heterocycles. The third kappa shape index (κ3) is 4.03. The van der Waals surface area contributed by atoms with Crippen molar-refractivity contribution in [1.29, 1.82) is 0 Å². The third-order valence-electron chi connectivity index (χ3n) is 3.27. The normalized spacial score (nSPS) is 12.1. The molecule has 2 aromatic rings. The number of methoxy groups -OCH3 is 1. The molecular formula is C17H20FNO2. The Kier molecular flexibility index (Phi) is 5.72. The van der Waals surface area contributed by atoms with E-state index >= 15 is 0 Å². The van der Waals surface area contributed by atoms with Crippen molar-refractivity contribution in [3.63, 3.8) is 0 Å². The number of hydrogen-bond donors (Lipinski definition) is 1. The van der Waals surface area contributed by atoms with E-state index < -0.39 is 0 Å². The molecule has 0 bridgehead atoms. The summed E-state index contributed by atoms with van der Waals surface area (Å²) in [5.74, 6) is 0.566. The predicted molar refractivity (Wildman–Crippen MR) is 81.1 cm³/mol. The Morgan fingerprint density at radius 3 is 2.43 bits per heavy atom. The van der Waals surface area contributed by atoms with E-state index in [-0.39, 0.29) is 11.9 Å². The van der Waals surface area contributed by atoms with Crippen LogP contribution in [0.4, 0.5) is 4.39 Å². The van der Waals surface area contributed by atoms with Crippen LogP contribution in [0.3, 0.4) is 0 Å². The van der Waals surface area contributed by atoms with Crippen LogP contribution in [0.15, 0.2) is 48.5 Å². The fourth-order valence-electron chi connectivity index (χ4n) is 2.24. The van der Waals surface area contributed by atoms with E-state index in [2.05, 4.69) is 5.32 Å². The summed E-state index contributed by atoms with van der Waals surface area (Å²) in [5, 5.41) is 3.25. The first-order valence-electron chi connectivity index (χ1n) is 6.89. The number of ether oxygens (including phenoxy) is 2. The predicted octanol–water partition coefficient (Wildman–Crippen LogP) is 3.16. The van der Waals surface area contributed by atoms with Crippen molar-refractivity contribution in [2.45, 2.75) is 6.04 Å². The highest BCUT2D eigenvalue weighted by Crippen LogP contribution is 2.29. The van der Waals surface area contributed by atoms with E-state index in [4.69, 9.17) is 9.47 Å². The van der Waals surface area contributed by atoms with Gasteiger partial charge in [0.05, 0.1) is 12.6 Å². The first kappa shape index (κ1) is 15.5. The average Bonchev–Trinajstić information content (AvgIpc) is 2.51. The number of hydrogen-bond acceptors (Lipinski definition) is 3. The lowest BCUT2D eigenvalue weighted by Gasteiger charge is -2.20. The standard InChI is InChI=1S/C17H20FNO2/c1-19-17(13-7-9-14(18)10-8-13)15-5-3-4-6-16(15)21-12-11-20-2/h3-10,17,19H,11-12H2,1-2H3. The van der Waals surface area contributed by atoms with Crippen LogP contribution in [-0.2, 0) is 4.74 Å². The van der Waals surface area contributed by atoms with Crippen LogP contribution in [0.1, 0.15) is 17.2 Å². The molecule has 2 aromatic carbocycles. The smallest absolute Gasteiger partial charge is 0.124 e. The fraction of sp³-hybridized carbons (Fsp3) is 0.294. The molecule has 1 N–H and O–H groups in total. The molecule has 0 aliphatic heterocycles. The van der Waals surface area contributed by atoms with Crippen LogP contribution in [0.2, 0.25) is 0 Å². The van der Waals surface area contributed by atoms with Crippen molar-refractivity contribution in [2.75, 3.05) is 27.4 Å². The molecule has 0 aliphatic carbocycles. The van der Waals surface area contributed by atoms with Crippen LogP contribution in [0.5, 0.6) is 5.75 Å². The second-order valence-corrected chi connectivity index (χ2v) is 4.65. The van der Waals surface area contributed by atoms with Gasteiger partial charge in [0.1, 0.15) is 18.2 Å². The van der Waals surface area contributed by atoms with E-state index in [0.29, 0.717) is 13.2 Å². The summed E-state index contributed by atoms with van der Waals surface area (Å²) in [6.45, 7) is 1.03. The second-order valence-electron chi connectivity index (χ2n) is 4.65. The average molecular weight is 289 g/mol. The van der Waals surface area contributed by atoms with Crippen molar-refractivity contribution in [2.24, 2.45) is 0 Å². The maximum absolute atomic E-state index is 13.1. The van der Waals surface area contributed by atoms with Crippen molar-refractivity contribution in [3.8, 4) is 5.75 Å². The van der Waals surface area contributed by atoms with Gasteiger partial charge in [0.25, 0.3) is 0 Å². The summed E-state index contributed by atoms with van der Waals surface area (Å²) in [7, 11) is 3.52. The molecule has 21 heavy (non-hydrogen) atoms. The van der Waals surface area contributed by atoms with Crippen molar-refractivity contribution in [1.82, 2.24) is 5.32 Å². The number of nitrogens with one attached hydrogen (secondary N) is 1. The maximum atomic E-state index is 13.1. The zero-order valence-electron chi connectivity index (χ0n) is 12.3. The van der Waals surface area contributed by atoms with E-state index in [0.717, 1.165) is 16.9 Å². The molecule has 1 unspecified atom stereocenters. The van der Waals surface area contributed by atoms with Crippen LogP contribution in [-0.4, -0.2) is 27.4 Å². The number of halogens is 1. The second kappa shape index (κ2) is 7.76. The van der Waals surface area contributed by atoms with E-state index in [1.54, 1.807) is 19.2 Å². The molecule has 112 valence electrons. The molecule has 3 nitrogen and oxygen atoms in total. The van der Waals surface area contributed by atoms with E-state index in [1.165, 1.54) is 12.1 Å². The SMILES string of the molecule is CNC(c1ccc(F)cc1)c1ccccc1OCCOC. The number of para-hydroxylation sites is 1. The Labute approximate surface area is 124 Å². The van der Waals surface area contributed by atoms with Gasteiger partial charge in [-0.2, -0.15) is 0 Å². The number of rotatable bonds is 7. The Balaban J connectivity index is 2.27. The molecule has 0 fully saturated rings. The summed E-state index contributed by atoms with van der Waals surface area (Å²) in [4.78, 5) is 0. The monoisotopic (exact) mass is 289 g/mol. The first-order valence-corrected chi connectivity index (χ1v) is 6.89. The van der Waals surface area contributed by atoms with Gasteiger partial charge in [0, 0.05) is 12.7 Å². The molecule has 1 atom stereocenters. The third-order valence-corrected chi connectivity index (χ3v) is 3.27. The molecule has 0 amide bonds. The number of benzene rings is 2. The van der Waals surface area contributed by atoms with Crippen LogP contribution >= 0.6 is 0 Å². The zero-order valence-corrected chi connectivity index (χ0v) is 12.3. The lowest BCUT2D eigenvalue weighted by molar-refractivity contribution is 0.145. The molecule has 0 saturated heterocycles. The van der Waals surface area contributed by atoms with Gasteiger partial charge >= 0.3 is 0 Å². The van der Waals surface area contributed by atoms with E-state index in [9.17, 15) is 4.39 Å². The Morgan fingerprint density at radius 2 is 1.76 bits per heavy atom. The minimum atomic E-state index is -0.238. The molecule has 2 rings (SSSR count). The molecule has 0 saturated carbocycles. The Bertz CT molecular complexity index is 557. The molecule has 0 aliphatic rings. The minimum absolute atomic E-state index is 0.0515. The van der Waals surface area contributed by atoms with Crippen LogP contribution in [0, 0.1) is 5.82 Å². The van der Waals surface area contributed by atoms with Gasteiger partial charge in [-0.05, 0) is 30.8 Å². The summed E-state index contributed by atoms with van der Waals surface area (Å²) in [6, 6.07) is 14.3. The summed E-state index contributed by atoms with van der Waals surface area (Å²) in [6.07, 6.45) is 0. The van der Waals surface area contributed by atoms with Crippen LogP contribution in [0.25, 0.3) is 0 Å². The van der Waals surface area contributed by atoms with Crippen molar-refractivity contribution >= 4 is 0 Å². The van der Waals surface area contributed by atoms with Crippen molar-refractivity contribution < 1.29 is 13.9 Å². The van der Waals surface area contributed by atoms with Gasteiger partial charge in [0.15, 0.2) is 0 Å². The highest BCUT2D eigenvalue weighted by Gasteiger charge is 2.16.